The van der Waals surface area contributed by atoms with Gasteiger partial charge in [-0.05, 0) is 69.0 Å². The second-order valence-corrected chi connectivity index (χ2v) is 11.3. The third-order valence-corrected chi connectivity index (χ3v) is 9.22. The van der Waals surface area contributed by atoms with Gasteiger partial charge < -0.3 is 24.0 Å². The van der Waals surface area contributed by atoms with E-state index in [4.69, 9.17) is 14.2 Å². The summed E-state index contributed by atoms with van der Waals surface area (Å²) in [5.74, 6) is 1.52. The molecule has 1 amide bonds. The largest absolute Gasteiger partial charge is 0.445 e. The van der Waals surface area contributed by atoms with Crippen molar-refractivity contribution < 1.29 is 19.0 Å². The number of benzene rings is 1. The zero-order valence-electron chi connectivity index (χ0n) is 19.8. The predicted molar refractivity (Wildman–Crippen MR) is 125 cm³/mol. The molecule has 2 aliphatic carbocycles. The topological polar surface area (TPSA) is 51.2 Å². The van der Waals surface area contributed by atoms with Gasteiger partial charge in [0.25, 0.3) is 0 Å². The minimum absolute atomic E-state index is 0.156. The minimum Gasteiger partial charge on any atom is -0.445 e. The van der Waals surface area contributed by atoms with Gasteiger partial charge in [-0.2, -0.15) is 0 Å². The Balaban J connectivity index is 0.891. The quantitative estimate of drug-likeness (QED) is 0.674. The van der Waals surface area contributed by atoms with E-state index in [1.807, 2.05) is 35.2 Å². The summed E-state index contributed by atoms with van der Waals surface area (Å²) in [5.41, 5.74) is 1.41. The Morgan fingerprint density at radius 1 is 0.939 bits per heavy atom. The van der Waals surface area contributed by atoms with Gasteiger partial charge in [-0.25, -0.2) is 4.79 Å². The van der Waals surface area contributed by atoms with Gasteiger partial charge in [0.05, 0.1) is 13.2 Å². The first-order valence-electron chi connectivity index (χ1n) is 13.1. The predicted octanol–water partition coefficient (Wildman–Crippen LogP) is 4.43. The van der Waals surface area contributed by atoms with E-state index < -0.39 is 0 Å². The number of amides is 1. The summed E-state index contributed by atoms with van der Waals surface area (Å²) in [6.07, 6.45) is 9.77. The molecule has 0 N–H and O–H groups in total. The lowest BCUT2D eigenvalue weighted by atomic mass is 9.60. The molecule has 6 rings (SSSR count). The van der Waals surface area contributed by atoms with Crippen LogP contribution in [0.15, 0.2) is 30.3 Å². The van der Waals surface area contributed by atoms with E-state index in [0.29, 0.717) is 12.0 Å². The zero-order valence-corrected chi connectivity index (χ0v) is 19.8. The first kappa shape index (κ1) is 21.9. The molecule has 6 nitrogen and oxygen atoms in total. The van der Waals surface area contributed by atoms with E-state index in [9.17, 15) is 4.79 Å². The Morgan fingerprint density at radius 3 is 2.24 bits per heavy atom. The van der Waals surface area contributed by atoms with Crippen LogP contribution in [-0.2, 0) is 20.8 Å². The van der Waals surface area contributed by atoms with Crippen molar-refractivity contribution in [3.63, 3.8) is 0 Å². The van der Waals surface area contributed by atoms with Crippen molar-refractivity contribution in [2.75, 3.05) is 39.4 Å². The lowest BCUT2D eigenvalue weighted by Gasteiger charge is -2.61. The van der Waals surface area contributed by atoms with Crippen molar-refractivity contribution in [3.05, 3.63) is 35.9 Å². The van der Waals surface area contributed by atoms with Crippen LogP contribution in [0.4, 0.5) is 4.79 Å². The molecule has 0 aromatic heterocycles. The Kier molecular flexibility index (Phi) is 5.87. The number of piperidine rings is 1. The smallest absolute Gasteiger partial charge is 0.410 e. The van der Waals surface area contributed by atoms with Crippen LogP contribution in [0.1, 0.15) is 56.9 Å². The van der Waals surface area contributed by atoms with Crippen LogP contribution < -0.4 is 0 Å². The average molecular weight is 455 g/mol. The molecule has 2 spiro atoms. The van der Waals surface area contributed by atoms with Crippen molar-refractivity contribution in [1.29, 1.82) is 0 Å². The summed E-state index contributed by atoms with van der Waals surface area (Å²) in [4.78, 5) is 17.0. The molecule has 5 aliphatic rings. The molecule has 0 atom stereocenters. The van der Waals surface area contributed by atoms with Crippen LogP contribution in [-0.4, -0.2) is 67.1 Å². The third-order valence-electron chi connectivity index (χ3n) is 9.22. The molecule has 3 aliphatic heterocycles. The number of likely N-dealkylation sites (tertiary alicyclic amines) is 2. The van der Waals surface area contributed by atoms with E-state index in [0.717, 1.165) is 62.6 Å². The molecule has 0 radical (unpaired) electrons. The highest BCUT2D eigenvalue weighted by Crippen LogP contribution is 2.51. The average Bonchev–Trinajstić information content (AvgIpc) is 3.25. The molecule has 5 fully saturated rings. The summed E-state index contributed by atoms with van der Waals surface area (Å²) in [6, 6.07) is 10.6. The van der Waals surface area contributed by atoms with Crippen LogP contribution in [0.5, 0.6) is 0 Å². The van der Waals surface area contributed by atoms with E-state index in [1.165, 1.54) is 51.6 Å². The van der Waals surface area contributed by atoms with E-state index >= 15 is 0 Å². The number of hydrogen-bond donors (Lipinski definition) is 0. The van der Waals surface area contributed by atoms with Gasteiger partial charge in [-0.3, -0.25) is 0 Å². The van der Waals surface area contributed by atoms with Gasteiger partial charge in [0.15, 0.2) is 5.79 Å². The molecular formula is C27H38N2O4. The summed E-state index contributed by atoms with van der Waals surface area (Å²) >= 11 is 0. The van der Waals surface area contributed by atoms with Crippen LogP contribution in [0.25, 0.3) is 0 Å². The molecule has 33 heavy (non-hydrogen) atoms. The second kappa shape index (κ2) is 8.86. The van der Waals surface area contributed by atoms with Crippen LogP contribution in [0.3, 0.4) is 0 Å². The van der Waals surface area contributed by atoms with Gasteiger partial charge in [-0.1, -0.05) is 30.3 Å². The van der Waals surface area contributed by atoms with Gasteiger partial charge in [0.1, 0.15) is 6.61 Å². The molecule has 3 saturated heterocycles. The van der Waals surface area contributed by atoms with Crippen molar-refractivity contribution in [3.8, 4) is 0 Å². The van der Waals surface area contributed by atoms with Gasteiger partial charge in [0, 0.05) is 37.4 Å². The molecule has 1 aromatic rings. The lowest BCUT2D eigenvalue weighted by Crippen LogP contribution is -2.68. The summed E-state index contributed by atoms with van der Waals surface area (Å²) < 4.78 is 17.3. The number of carbonyl (C=O) groups is 1. The molecule has 3 heterocycles. The Morgan fingerprint density at radius 2 is 1.58 bits per heavy atom. The molecule has 0 unspecified atom stereocenters. The molecule has 6 heteroatoms. The summed E-state index contributed by atoms with van der Waals surface area (Å²) in [7, 11) is 0. The molecule has 180 valence electrons. The highest BCUT2D eigenvalue weighted by Gasteiger charge is 2.55. The van der Waals surface area contributed by atoms with Gasteiger partial charge >= 0.3 is 6.09 Å². The number of ether oxygens (including phenoxy) is 3. The van der Waals surface area contributed by atoms with Gasteiger partial charge in [0.2, 0.25) is 0 Å². The number of rotatable bonds is 4. The van der Waals surface area contributed by atoms with Crippen molar-refractivity contribution in [2.24, 2.45) is 17.3 Å². The lowest BCUT2D eigenvalue weighted by molar-refractivity contribution is -0.185. The maximum Gasteiger partial charge on any atom is 0.410 e. The summed E-state index contributed by atoms with van der Waals surface area (Å²) in [5, 5.41) is 0. The van der Waals surface area contributed by atoms with Gasteiger partial charge in [-0.15, -0.1) is 0 Å². The highest BCUT2D eigenvalue weighted by molar-refractivity contribution is 5.69. The van der Waals surface area contributed by atoms with E-state index in [1.54, 1.807) is 0 Å². The van der Waals surface area contributed by atoms with Crippen LogP contribution >= 0.6 is 0 Å². The maximum absolute atomic E-state index is 12.4. The van der Waals surface area contributed by atoms with Crippen molar-refractivity contribution >= 4 is 6.09 Å². The molecule has 0 bridgehead atoms. The van der Waals surface area contributed by atoms with E-state index in [-0.39, 0.29) is 11.9 Å². The standard InChI is InChI=1S/C27H38N2O4/c30-25(31-18-21-4-2-1-3-5-21)29-19-26(20-29)16-24(17-26)28-12-8-23(9-13-28)22-6-10-27(11-7-22)32-14-15-33-27/h1-5,22-24H,6-20H2. The zero-order chi connectivity index (χ0) is 22.3. The minimum atomic E-state index is -0.220. The Hall–Kier alpha value is -1.63. The van der Waals surface area contributed by atoms with Crippen LogP contribution in [0, 0.1) is 17.3 Å². The normalized spacial score (nSPS) is 29.7. The Bertz CT molecular complexity index is 808. The first-order valence-corrected chi connectivity index (χ1v) is 13.1. The number of nitrogens with zero attached hydrogens (tertiary/aromatic N) is 2. The SMILES string of the molecule is O=C(OCc1ccccc1)N1CC2(CC(N3CCC(C4CCC5(CC4)OCCO5)CC3)C2)C1. The number of carbonyl (C=O) groups excluding carboxylic acids is 1. The Labute approximate surface area is 197 Å². The molecular weight excluding hydrogens is 416 g/mol. The van der Waals surface area contributed by atoms with Crippen LogP contribution in [0.2, 0.25) is 0 Å². The monoisotopic (exact) mass is 454 g/mol. The fourth-order valence-electron chi connectivity index (χ4n) is 7.25. The second-order valence-electron chi connectivity index (χ2n) is 11.3. The fraction of sp³-hybridized carbons (Fsp3) is 0.741. The highest BCUT2D eigenvalue weighted by atomic mass is 16.7. The van der Waals surface area contributed by atoms with Crippen molar-refractivity contribution in [2.45, 2.75) is 69.8 Å². The van der Waals surface area contributed by atoms with E-state index in [2.05, 4.69) is 4.90 Å². The first-order chi connectivity index (χ1) is 16.1. The maximum atomic E-state index is 12.4. The fourth-order valence-corrected chi connectivity index (χ4v) is 7.25. The van der Waals surface area contributed by atoms with Crippen molar-refractivity contribution in [1.82, 2.24) is 9.80 Å². The summed E-state index contributed by atoms with van der Waals surface area (Å²) in [6.45, 7) is 6.18. The molecule has 1 aromatic carbocycles. The third kappa shape index (κ3) is 4.42. The molecule has 2 saturated carbocycles. The number of hydrogen-bond acceptors (Lipinski definition) is 5.